The van der Waals surface area contributed by atoms with Crippen LogP contribution in [-0.2, 0) is 16.6 Å². The molecule has 2 atom stereocenters. The van der Waals surface area contributed by atoms with Crippen molar-refractivity contribution >= 4 is 23.2 Å². The molecule has 128 valence electrons. The van der Waals surface area contributed by atoms with E-state index in [1.54, 1.807) is 29.5 Å². The highest BCUT2D eigenvalue weighted by Crippen LogP contribution is 2.23. The lowest BCUT2D eigenvalue weighted by atomic mass is 9.93. The molecule has 2 unspecified atom stereocenters. The Labute approximate surface area is 142 Å². The summed E-state index contributed by atoms with van der Waals surface area (Å²) in [4.78, 5) is 28.1. The van der Waals surface area contributed by atoms with Crippen LogP contribution < -0.4 is 5.32 Å². The fourth-order valence-electron chi connectivity index (χ4n) is 2.67. The largest absolute Gasteiger partial charge is 0.480 e. The lowest BCUT2D eigenvalue weighted by Gasteiger charge is -2.27. The monoisotopic (exact) mass is 350 g/mol. The molecule has 8 nitrogen and oxygen atoms in total. The van der Waals surface area contributed by atoms with Crippen molar-refractivity contribution < 1.29 is 19.4 Å². The van der Waals surface area contributed by atoms with Crippen LogP contribution in [0.15, 0.2) is 17.8 Å². The summed E-state index contributed by atoms with van der Waals surface area (Å²) in [6.45, 7) is 0.979. The number of thiazole rings is 1. The molecule has 3 rings (SSSR count). The Morgan fingerprint density at radius 3 is 3.00 bits per heavy atom. The first-order valence-electron chi connectivity index (χ1n) is 7.60. The molecular weight excluding hydrogens is 332 g/mol. The van der Waals surface area contributed by atoms with E-state index >= 15 is 0 Å². The molecule has 3 heterocycles. The van der Waals surface area contributed by atoms with Crippen LogP contribution in [0.2, 0.25) is 0 Å². The molecule has 0 bridgehead atoms. The highest BCUT2D eigenvalue weighted by atomic mass is 32.1. The van der Waals surface area contributed by atoms with Gasteiger partial charge in [-0.05, 0) is 12.8 Å². The maximum absolute atomic E-state index is 12.4. The Morgan fingerprint density at radius 2 is 2.38 bits per heavy atom. The molecule has 2 aromatic rings. The van der Waals surface area contributed by atoms with Crippen molar-refractivity contribution in [2.75, 3.05) is 13.2 Å². The summed E-state index contributed by atoms with van der Waals surface area (Å²) < 4.78 is 6.98. The minimum Gasteiger partial charge on any atom is -0.480 e. The number of ether oxygens (including phenoxy) is 1. The maximum atomic E-state index is 12.4. The highest BCUT2D eigenvalue weighted by Gasteiger charge is 2.32. The van der Waals surface area contributed by atoms with Gasteiger partial charge in [-0.2, -0.15) is 5.10 Å². The van der Waals surface area contributed by atoms with E-state index in [1.807, 2.05) is 0 Å². The SMILES string of the molecule is Cn1cc(-c2nc(C(=O)NC(C(=O)O)C3CCCOC3)cs2)cn1. The minimum atomic E-state index is -1.05. The Morgan fingerprint density at radius 1 is 1.54 bits per heavy atom. The first-order chi connectivity index (χ1) is 11.5. The second kappa shape index (κ2) is 7.10. The lowest BCUT2D eigenvalue weighted by Crippen LogP contribution is -2.48. The Bertz CT molecular complexity index is 735. The van der Waals surface area contributed by atoms with Gasteiger partial charge in [0.25, 0.3) is 5.91 Å². The molecule has 2 N–H and O–H groups in total. The number of nitrogens with zero attached hydrogens (tertiary/aromatic N) is 3. The van der Waals surface area contributed by atoms with Crippen molar-refractivity contribution in [1.82, 2.24) is 20.1 Å². The number of carbonyl (C=O) groups is 2. The first-order valence-corrected chi connectivity index (χ1v) is 8.48. The predicted octanol–water partition coefficient (Wildman–Crippen LogP) is 1.15. The van der Waals surface area contributed by atoms with Crippen molar-refractivity contribution in [1.29, 1.82) is 0 Å². The summed E-state index contributed by atoms with van der Waals surface area (Å²) in [6.07, 6.45) is 4.99. The zero-order valence-corrected chi connectivity index (χ0v) is 14.0. The number of carboxylic acids is 1. The molecule has 0 aromatic carbocycles. The number of amides is 1. The van der Waals surface area contributed by atoms with E-state index < -0.39 is 17.9 Å². The van der Waals surface area contributed by atoms with Crippen LogP contribution in [-0.4, -0.2) is 51.0 Å². The van der Waals surface area contributed by atoms with Gasteiger partial charge in [-0.1, -0.05) is 0 Å². The van der Waals surface area contributed by atoms with E-state index in [1.165, 1.54) is 11.3 Å². The number of aromatic nitrogens is 3. The predicted molar refractivity (Wildman–Crippen MR) is 86.7 cm³/mol. The molecule has 0 aliphatic carbocycles. The van der Waals surface area contributed by atoms with Gasteiger partial charge >= 0.3 is 5.97 Å². The molecule has 1 aliphatic rings. The van der Waals surface area contributed by atoms with Gasteiger partial charge in [0.2, 0.25) is 0 Å². The number of nitrogens with one attached hydrogen (secondary N) is 1. The Kier molecular flexibility index (Phi) is 4.91. The van der Waals surface area contributed by atoms with Gasteiger partial charge < -0.3 is 15.2 Å². The smallest absolute Gasteiger partial charge is 0.326 e. The average Bonchev–Trinajstić information content (AvgIpc) is 3.21. The summed E-state index contributed by atoms with van der Waals surface area (Å²) in [5.74, 6) is -1.77. The molecule has 1 amide bonds. The molecule has 1 aliphatic heterocycles. The van der Waals surface area contributed by atoms with Crippen molar-refractivity contribution in [3.8, 4) is 10.6 Å². The quantitative estimate of drug-likeness (QED) is 0.838. The Balaban J connectivity index is 1.71. The number of rotatable bonds is 5. The number of carboxylic acid groups (broad SMARTS) is 1. The average molecular weight is 350 g/mol. The van der Waals surface area contributed by atoms with Crippen LogP contribution in [0.25, 0.3) is 10.6 Å². The summed E-state index contributed by atoms with van der Waals surface area (Å²) in [5, 5.41) is 18.3. The normalized spacial score (nSPS) is 19.0. The third-order valence-electron chi connectivity index (χ3n) is 3.91. The maximum Gasteiger partial charge on any atom is 0.326 e. The molecule has 24 heavy (non-hydrogen) atoms. The van der Waals surface area contributed by atoms with E-state index in [4.69, 9.17) is 4.74 Å². The van der Waals surface area contributed by atoms with Crippen LogP contribution in [0.3, 0.4) is 0 Å². The van der Waals surface area contributed by atoms with Gasteiger partial charge in [-0.25, -0.2) is 9.78 Å². The third-order valence-corrected chi connectivity index (χ3v) is 4.80. The molecule has 9 heteroatoms. The fraction of sp³-hybridized carbons (Fsp3) is 0.467. The summed E-state index contributed by atoms with van der Waals surface area (Å²) in [5.41, 5.74) is 1.03. The molecule has 0 saturated carbocycles. The summed E-state index contributed by atoms with van der Waals surface area (Å²) >= 11 is 1.32. The van der Waals surface area contributed by atoms with E-state index in [9.17, 15) is 14.7 Å². The summed E-state index contributed by atoms with van der Waals surface area (Å²) in [7, 11) is 1.80. The van der Waals surface area contributed by atoms with E-state index in [0.29, 0.717) is 18.2 Å². The molecule has 0 radical (unpaired) electrons. The molecular formula is C15H18N4O4S. The summed E-state index contributed by atoms with van der Waals surface area (Å²) in [6, 6.07) is -0.971. The van der Waals surface area contributed by atoms with Gasteiger partial charge in [0.15, 0.2) is 0 Å². The van der Waals surface area contributed by atoms with Gasteiger partial charge in [-0.3, -0.25) is 9.48 Å². The molecule has 1 saturated heterocycles. The third kappa shape index (κ3) is 3.62. The molecule has 2 aromatic heterocycles. The van der Waals surface area contributed by atoms with Crippen molar-refractivity contribution in [2.24, 2.45) is 13.0 Å². The van der Waals surface area contributed by atoms with Crippen LogP contribution in [0, 0.1) is 5.92 Å². The number of aliphatic carboxylic acids is 1. The Hall–Kier alpha value is -2.26. The van der Waals surface area contributed by atoms with Crippen LogP contribution in [0.4, 0.5) is 0 Å². The second-order valence-electron chi connectivity index (χ2n) is 5.71. The lowest BCUT2D eigenvalue weighted by molar-refractivity contribution is -0.142. The number of aryl methyl sites for hydroxylation is 1. The van der Waals surface area contributed by atoms with E-state index in [-0.39, 0.29) is 11.6 Å². The van der Waals surface area contributed by atoms with Gasteiger partial charge in [0.1, 0.15) is 16.7 Å². The molecule has 1 fully saturated rings. The topological polar surface area (TPSA) is 106 Å². The van der Waals surface area contributed by atoms with E-state index in [2.05, 4.69) is 15.4 Å². The second-order valence-corrected chi connectivity index (χ2v) is 6.57. The van der Waals surface area contributed by atoms with Gasteiger partial charge in [0.05, 0.1) is 12.8 Å². The number of hydrogen-bond donors (Lipinski definition) is 2. The van der Waals surface area contributed by atoms with Crippen molar-refractivity contribution in [3.05, 3.63) is 23.5 Å². The van der Waals surface area contributed by atoms with Crippen LogP contribution in [0.1, 0.15) is 23.3 Å². The van der Waals surface area contributed by atoms with Crippen LogP contribution in [0.5, 0.6) is 0 Å². The minimum absolute atomic E-state index is 0.210. The van der Waals surface area contributed by atoms with Gasteiger partial charge in [-0.15, -0.1) is 11.3 Å². The van der Waals surface area contributed by atoms with E-state index in [0.717, 1.165) is 18.4 Å². The molecule has 0 spiro atoms. The highest BCUT2D eigenvalue weighted by molar-refractivity contribution is 7.13. The van der Waals surface area contributed by atoms with Crippen molar-refractivity contribution in [3.63, 3.8) is 0 Å². The first kappa shape index (κ1) is 16.6. The fourth-order valence-corrected chi connectivity index (χ4v) is 3.44. The standard InChI is InChI=1S/C15H18N4O4S/c1-19-6-10(5-16-19)14-17-11(8-24-14)13(20)18-12(15(21)22)9-3-2-4-23-7-9/h5-6,8-9,12H,2-4,7H2,1H3,(H,18,20)(H,21,22). The van der Waals surface area contributed by atoms with Crippen LogP contribution >= 0.6 is 11.3 Å². The van der Waals surface area contributed by atoms with Crippen molar-refractivity contribution in [2.45, 2.75) is 18.9 Å². The zero-order valence-electron chi connectivity index (χ0n) is 13.1. The number of hydrogen-bond acceptors (Lipinski definition) is 6. The van der Waals surface area contributed by atoms with Gasteiger partial charge in [0, 0.05) is 36.7 Å². The number of carbonyl (C=O) groups excluding carboxylic acids is 1. The zero-order chi connectivity index (χ0) is 17.1.